The highest BCUT2D eigenvalue weighted by Crippen LogP contribution is 2.37. The molecule has 3 aromatic rings. The van der Waals surface area contributed by atoms with Gasteiger partial charge in [-0.05, 0) is 43.3 Å². The molecule has 5 rings (SSSR count). The van der Waals surface area contributed by atoms with Crippen molar-refractivity contribution >= 4 is 40.3 Å². The lowest BCUT2D eigenvalue weighted by molar-refractivity contribution is -0.121. The van der Waals surface area contributed by atoms with E-state index in [1.165, 1.54) is 4.90 Å². The molecule has 2 aliphatic rings. The second kappa shape index (κ2) is 10.1. The molecule has 0 saturated carbocycles. The van der Waals surface area contributed by atoms with Gasteiger partial charge in [0.2, 0.25) is 0 Å². The second-order valence-electron chi connectivity index (χ2n) is 8.35. The number of hydrogen-bond acceptors (Lipinski definition) is 8. The van der Waals surface area contributed by atoms with Gasteiger partial charge in [0.25, 0.3) is 11.8 Å². The molecular weight excluding hydrogens is 482 g/mol. The SMILES string of the molecule is CCN1C(=O)COc2ccc(C(=O)CN3C(=O)COc4ccc(-c5csc(CCOC)n5)cc43)cc21. The number of amides is 2. The number of anilines is 2. The highest BCUT2D eigenvalue weighted by atomic mass is 32.1. The van der Waals surface area contributed by atoms with Gasteiger partial charge < -0.3 is 19.1 Å². The van der Waals surface area contributed by atoms with Crippen LogP contribution in [0.1, 0.15) is 22.3 Å². The maximum atomic E-state index is 13.3. The van der Waals surface area contributed by atoms with E-state index in [1.54, 1.807) is 47.6 Å². The average molecular weight is 508 g/mol. The van der Waals surface area contributed by atoms with E-state index < -0.39 is 0 Å². The summed E-state index contributed by atoms with van der Waals surface area (Å²) in [6.07, 6.45) is 0.723. The summed E-state index contributed by atoms with van der Waals surface area (Å²) >= 11 is 1.55. The number of benzene rings is 2. The molecule has 10 heteroatoms. The summed E-state index contributed by atoms with van der Waals surface area (Å²) in [7, 11) is 1.65. The van der Waals surface area contributed by atoms with Crippen LogP contribution in [0.2, 0.25) is 0 Å². The first-order chi connectivity index (χ1) is 17.5. The van der Waals surface area contributed by atoms with Gasteiger partial charge in [0.05, 0.1) is 35.2 Å². The summed E-state index contributed by atoms with van der Waals surface area (Å²) in [4.78, 5) is 46.0. The number of thiazole rings is 1. The maximum Gasteiger partial charge on any atom is 0.265 e. The summed E-state index contributed by atoms with van der Waals surface area (Å²) in [6.45, 7) is 2.60. The zero-order valence-corrected chi connectivity index (χ0v) is 20.8. The molecule has 0 unspecified atom stereocenters. The van der Waals surface area contributed by atoms with Crippen LogP contribution in [0.4, 0.5) is 11.4 Å². The third-order valence-corrected chi connectivity index (χ3v) is 7.02. The number of hydrogen-bond donors (Lipinski definition) is 0. The van der Waals surface area contributed by atoms with Crippen molar-refractivity contribution in [3.05, 3.63) is 52.3 Å². The van der Waals surface area contributed by atoms with Gasteiger partial charge in [0, 0.05) is 36.6 Å². The number of Topliss-reactive ketones (excluding diaryl/α,β-unsaturated/α-hetero) is 1. The Balaban J connectivity index is 1.41. The van der Waals surface area contributed by atoms with Gasteiger partial charge in [0.1, 0.15) is 11.5 Å². The molecular formula is C26H25N3O6S. The van der Waals surface area contributed by atoms with Crippen LogP contribution in [-0.2, 0) is 20.7 Å². The number of aromatic nitrogens is 1. The number of carbonyl (C=O) groups is 3. The Labute approximate surface area is 212 Å². The molecule has 1 aromatic heterocycles. The van der Waals surface area contributed by atoms with Gasteiger partial charge in [-0.15, -0.1) is 11.3 Å². The smallest absolute Gasteiger partial charge is 0.265 e. The van der Waals surface area contributed by atoms with Crippen molar-refractivity contribution in [3.8, 4) is 22.8 Å². The Bertz CT molecular complexity index is 1340. The first kappa shape index (κ1) is 24.0. The van der Waals surface area contributed by atoms with Crippen LogP contribution >= 0.6 is 11.3 Å². The molecule has 0 fully saturated rings. The average Bonchev–Trinajstić information content (AvgIpc) is 3.37. The van der Waals surface area contributed by atoms with E-state index in [-0.39, 0.29) is 37.4 Å². The Morgan fingerprint density at radius 1 is 1.03 bits per heavy atom. The number of rotatable bonds is 8. The summed E-state index contributed by atoms with van der Waals surface area (Å²) in [5.41, 5.74) is 3.09. The number of ether oxygens (including phenoxy) is 3. The fourth-order valence-corrected chi connectivity index (χ4v) is 5.03. The number of methoxy groups -OCH3 is 1. The van der Waals surface area contributed by atoms with Crippen molar-refractivity contribution in [1.29, 1.82) is 0 Å². The molecule has 0 radical (unpaired) electrons. The summed E-state index contributed by atoms with van der Waals surface area (Å²) in [5, 5.41) is 2.92. The zero-order chi connectivity index (χ0) is 25.2. The Hall–Kier alpha value is -3.76. The molecule has 36 heavy (non-hydrogen) atoms. The molecule has 0 saturated heterocycles. The Kier molecular flexibility index (Phi) is 6.71. The molecule has 186 valence electrons. The van der Waals surface area contributed by atoms with Crippen LogP contribution < -0.4 is 19.3 Å². The van der Waals surface area contributed by atoms with E-state index in [2.05, 4.69) is 4.98 Å². The van der Waals surface area contributed by atoms with Gasteiger partial charge in [-0.1, -0.05) is 0 Å². The van der Waals surface area contributed by atoms with E-state index >= 15 is 0 Å². The molecule has 0 bridgehead atoms. The van der Waals surface area contributed by atoms with E-state index in [4.69, 9.17) is 14.2 Å². The van der Waals surface area contributed by atoms with Gasteiger partial charge in [-0.2, -0.15) is 0 Å². The minimum absolute atomic E-state index is 0.0254. The van der Waals surface area contributed by atoms with E-state index in [1.807, 2.05) is 24.4 Å². The van der Waals surface area contributed by atoms with Crippen LogP contribution in [0, 0.1) is 0 Å². The molecule has 0 spiro atoms. The van der Waals surface area contributed by atoms with Crippen molar-refractivity contribution in [2.75, 3.05) is 49.8 Å². The quantitative estimate of drug-likeness (QED) is 0.431. The van der Waals surface area contributed by atoms with E-state index in [0.717, 1.165) is 22.7 Å². The lowest BCUT2D eigenvalue weighted by Crippen LogP contribution is -2.42. The third-order valence-electron chi connectivity index (χ3n) is 6.11. The van der Waals surface area contributed by atoms with Gasteiger partial charge >= 0.3 is 0 Å². The standard InChI is InChI=1S/C26H25N3O6S/c1-3-28-19-11-17(5-7-22(19)34-13-25(28)31)21(30)12-29-20-10-16(4-6-23(20)35-14-26(29)32)18-15-36-24(27-18)8-9-33-2/h4-7,10-11,15H,3,8-9,12-14H2,1-2H3. The molecule has 2 amide bonds. The van der Waals surface area contributed by atoms with Crippen LogP contribution in [-0.4, -0.2) is 62.6 Å². The lowest BCUT2D eigenvalue weighted by atomic mass is 10.1. The highest BCUT2D eigenvalue weighted by molar-refractivity contribution is 7.09. The first-order valence-corrected chi connectivity index (χ1v) is 12.5. The lowest BCUT2D eigenvalue weighted by Gasteiger charge is -2.30. The fraction of sp³-hybridized carbons (Fsp3) is 0.308. The van der Waals surface area contributed by atoms with Crippen molar-refractivity contribution in [3.63, 3.8) is 0 Å². The van der Waals surface area contributed by atoms with Gasteiger partial charge in [-0.3, -0.25) is 19.3 Å². The van der Waals surface area contributed by atoms with E-state index in [9.17, 15) is 14.4 Å². The second-order valence-corrected chi connectivity index (χ2v) is 9.30. The number of likely N-dealkylation sites (N-methyl/N-ethyl adjacent to an activating group) is 1. The predicted molar refractivity (Wildman–Crippen MR) is 135 cm³/mol. The number of nitrogens with zero attached hydrogens (tertiary/aromatic N) is 3. The topological polar surface area (TPSA) is 98.3 Å². The first-order valence-electron chi connectivity index (χ1n) is 11.6. The minimum Gasteiger partial charge on any atom is -0.482 e. The van der Waals surface area contributed by atoms with Crippen LogP contribution in [0.5, 0.6) is 11.5 Å². The van der Waals surface area contributed by atoms with Crippen molar-refractivity contribution in [2.45, 2.75) is 13.3 Å². The Morgan fingerprint density at radius 3 is 2.44 bits per heavy atom. The summed E-state index contributed by atoms with van der Waals surface area (Å²) < 4.78 is 16.2. The fourth-order valence-electron chi connectivity index (χ4n) is 4.24. The number of ketones is 1. The van der Waals surface area contributed by atoms with Crippen LogP contribution in [0.15, 0.2) is 41.8 Å². The minimum atomic E-state index is -0.307. The summed E-state index contributed by atoms with van der Waals surface area (Å²) in [5.74, 6) is 0.362. The molecule has 9 nitrogen and oxygen atoms in total. The zero-order valence-electron chi connectivity index (χ0n) is 20.0. The van der Waals surface area contributed by atoms with Crippen LogP contribution in [0.3, 0.4) is 0 Å². The largest absolute Gasteiger partial charge is 0.482 e. The van der Waals surface area contributed by atoms with E-state index in [0.29, 0.717) is 41.6 Å². The van der Waals surface area contributed by atoms with Crippen molar-refractivity contribution in [1.82, 2.24) is 4.98 Å². The molecule has 0 N–H and O–H groups in total. The van der Waals surface area contributed by atoms with Gasteiger partial charge in [0.15, 0.2) is 19.0 Å². The number of carbonyl (C=O) groups excluding carboxylic acids is 3. The number of fused-ring (bicyclic) bond motifs is 2. The monoisotopic (exact) mass is 507 g/mol. The van der Waals surface area contributed by atoms with Crippen molar-refractivity contribution < 1.29 is 28.6 Å². The van der Waals surface area contributed by atoms with Gasteiger partial charge in [-0.25, -0.2) is 4.98 Å². The molecule has 0 atom stereocenters. The maximum absolute atomic E-state index is 13.3. The Morgan fingerprint density at radius 2 is 1.72 bits per heavy atom. The van der Waals surface area contributed by atoms with Crippen molar-refractivity contribution in [2.24, 2.45) is 0 Å². The highest BCUT2D eigenvalue weighted by Gasteiger charge is 2.30. The predicted octanol–water partition coefficient (Wildman–Crippen LogP) is 3.35. The summed E-state index contributed by atoms with van der Waals surface area (Å²) in [6, 6.07) is 10.5. The molecule has 0 aliphatic carbocycles. The molecule has 2 aromatic carbocycles. The molecule has 3 heterocycles. The van der Waals surface area contributed by atoms with Crippen LogP contribution in [0.25, 0.3) is 11.3 Å². The third kappa shape index (κ3) is 4.57. The normalized spacial score (nSPS) is 14.7. The molecule has 2 aliphatic heterocycles.